The highest BCUT2D eigenvalue weighted by molar-refractivity contribution is 6.02. The molecule has 0 radical (unpaired) electrons. The van der Waals surface area contributed by atoms with Gasteiger partial charge >= 0.3 is 0 Å². The Bertz CT molecular complexity index is 1840. The van der Waals surface area contributed by atoms with Crippen molar-refractivity contribution < 1.29 is 5.11 Å². The highest BCUT2D eigenvalue weighted by Gasteiger charge is 2.19. The Morgan fingerprint density at radius 2 is 1.47 bits per heavy atom. The number of fused-ring (bicyclic) bond motifs is 8. The van der Waals surface area contributed by atoms with Gasteiger partial charge in [-0.25, -0.2) is 0 Å². The third-order valence-electron chi connectivity index (χ3n) is 6.96. The van der Waals surface area contributed by atoms with Crippen LogP contribution in [0.1, 0.15) is 22.6 Å². The number of hydrogen-bond acceptors (Lipinski definition) is 1. The second-order valence-corrected chi connectivity index (χ2v) is 8.67. The molecule has 0 saturated carbocycles. The molecular weight excluding hydrogens is 388 g/mol. The minimum atomic E-state index is 0.195. The van der Waals surface area contributed by atoms with Crippen molar-refractivity contribution in [2.45, 2.75) is 5.92 Å². The van der Waals surface area contributed by atoms with E-state index in [1.807, 2.05) is 6.07 Å². The summed E-state index contributed by atoms with van der Waals surface area (Å²) in [4.78, 5) is 0. The summed E-state index contributed by atoms with van der Waals surface area (Å²) >= 11 is 0. The molecule has 1 nitrogen and oxygen atoms in total. The molecule has 0 amide bonds. The Labute approximate surface area is 185 Å². The van der Waals surface area contributed by atoms with Crippen molar-refractivity contribution in [3.8, 4) is 5.75 Å². The molecule has 2 aliphatic rings. The highest BCUT2D eigenvalue weighted by Crippen LogP contribution is 2.35. The molecule has 0 heterocycles. The quantitative estimate of drug-likeness (QED) is 0.369. The number of aromatic hydroxyl groups is 1. The summed E-state index contributed by atoms with van der Waals surface area (Å²) in [5.41, 5.74) is 3.64. The molecule has 1 N–H and O–H groups in total. The minimum absolute atomic E-state index is 0.195. The van der Waals surface area contributed by atoms with E-state index >= 15 is 0 Å². The molecule has 0 bridgehead atoms. The maximum absolute atomic E-state index is 10.8. The SMILES string of the molecule is Oc1cccc2c3c(c4c(c12)C=c1ccccc1=4)=CC(c1cccc2ccccc12)C=C3. The van der Waals surface area contributed by atoms with Crippen molar-refractivity contribution >= 4 is 39.8 Å². The summed E-state index contributed by atoms with van der Waals surface area (Å²) in [6.07, 6.45) is 9.19. The number of phenolic OH excluding ortho intramolecular Hbond substituents is 1. The van der Waals surface area contributed by atoms with Gasteiger partial charge in [0, 0.05) is 11.3 Å². The van der Waals surface area contributed by atoms with Crippen LogP contribution in [0.25, 0.3) is 39.8 Å². The monoisotopic (exact) mass is 408 g/mol. The third-order valence-corrected chi connectivity index (χ3v) is 6.96. The normalized spacial score (nSPS) is 15.7. The zero-order valence-electron chi connectivity index (χ0n) is 17.4. The summed E-state index contributed by atoms with van der Waals surface area (Å²) in [6, 6.07) is 29.6. The van der Waals surface area contributed by atoms with Crippen molar-refractivity contribution in [2.24, 2.45) is 0 Å². The van der Waals surface area contributed by atoms with E-state index in [2.05, 4.69) is 97.1 Å². The fourth-order valence-electron chi connectivity index (χ4n) is 5.56. The standard InChI is InChI=1S/C31H20O/c32-29-14-6-13-26-25-16-15-21(23-12-5-9-19-7-1-3-10-22(19)23)17-27(25)30-24-11-4-2-8-20(24)18-28(30)31(26)29/h1-18,21,32H. The van der Waals surface area contributed by atoms with Crippen molar-refractivity contribution in [1.29, 1.82) is 0 Å². The summed E-state index contributed by atoms with van der Waals surface area (Å²) in [7, 11) is 0. The van der Waals surface area contributed by atoms with E-state index < -0.39 is 0 Å². The molecule has 150 valence electrons. The molecule has 1 heteroatoms. The maximum Gasteiger partial charge on any atom is 0.124 e. The molecule has 32 heavy (non-hydrogen) atoms. The molecule has 0 fully saturated rings. The predicted octanol–water partition coefficient (Wildman–Crippen LogP) is 5.72. The van der Waals surface area contributed by atoms with Gasteiger partial charge in [0.1, 0.15) is 5.75 Å². The number of benzene rings is 5. The van der Waals surface area contributed by atoms with Crippen LogP contribution in [0, 0.1) is 10.4 Å². The maximum atomic E-state index is 10.8. The predicted molar refractivity (Wildman–Crippen MR) is 133 cm³/mol. The van der Waals surface area contributed by atoms with Gasteiger partial charge in [0.15, 0.2) is 0 Å². The van der Waals surface area contributed by atoms with Gasteiger partial charge in [-0.3, -0.25) is 0 Å². The van der Waals surface area contributed by atoms with Crippen LogP contribution in [0.4, 0.5) is 0 Å². The van der Waals surface area contributed by atoms with Crippen LogP contribution in [0.2, 0.25) is 0 Å². The van der Waals surface area contributed by atoms with E-state index in [0.29, 0.717) is 5.75 Å². The Kier molecular flexibility index (Phi) is 3.54. The minimum Gasteiger partial charge on any atom is -0.507 e. The first kappa shape index (κ1) is 17.6. The smallest absolute Gasteiger partial charge is 0.124 e. The van der Waals surface area contributed by atoms with Crippen LogP contribution in [0.5, 0.6) is 5.75 Å². The van der Waals surface area contributed by atoms with Crippen LogP contribution in [-0.4, -0.2) is 5.11 Å². The summed E-state index contributed by atoms with van der Waals surface area (Å²) in [6.45, 7) is 0. The van der Waals surface area contributed by atoms with Crippen molar-refractivity contribution in [3.63, 3.8) is 0 Å². The Hall–Kier alpha value is -4.10. The topological polar surface area (TPSA) is 20.2 Å². The van der Waals surface area contributed by atoms with E-state index in [4.69, 9.17) is 0 Å². The Morgan fingerprint density at radius 3 is 2.44 bits per heavy atom. The van der Waals surface area contributed by atoms with Crippen LogP contribution in [0.15, 0.2) is 91.0 Å². The number of hydrogen-bond donors (Lipinski definition) is 1. The average Bonchev–Trinajstić information content (AvgIpc) is 3.23. The molecule has 1 unspecified atom stereocenters. The number of phenols is 1. The van der Waals surface area contributed by atoms with E-state index in [9.17, 15) is 5.11 Å². The lowest BCUT2D eigenvalue weighted by Gasteiger charge is -2.18. The van der Waals surface area contributed by atoms with Gasteiger partial charge in [0.2, 0.25) is 0 Å². The van der Waals surface area contributed by atoms with Crippen LogP contribution < -0.4 is 10.4 Å². The molecule has 2 aliphatic carbocycles. The van der Waals surface area contributed by atoms with Crippen LogP contribution in [0.3, 0.4) is 0 Å². The zero-order valence-corrected chi connectivity index (χ0v) is 17.4. The molecule has 0 aliphatic heterocycles. The third kappa shape index (κ3) is 2.34. The molecule has 1 atom stereocenters. The first-order valence-corrected chi connectivity index (χ1v) is 11.1. The van der Waals surface area contributed by atoms with Gasteiger partial charge in [0.25, 0.3) is 0 Å². The van der Waals surface area contributed by atoms with Gasteiger partial charge in [-0.1, -0.05) is 97.1 Å². The lowest BCUT2D eigenvalue weighted by atomic mass is 9.85. The van der Waals surface area contributed by atoms with E-state index in [0.717, 1.165) is 16.3 Å². The first-order valence-electron chi connectivity index (χ1n) is 11.1. The second-order valence-electron chi connectivity index (χ2n) is 8.67. The summed E-state index contributed by atoms with van der Waals surface area (Å²) in [5, 5.41) is 20.4. The van der Waals surface area contributed by atoms with Crippen LogP contribution >= 0.6 is 0 Å². The summed E-state index contributed by atoms with van der Waals surface area (Å²) < 4.78 is 0. The van der Waals surface area contributed by atoms with Gasteiger partial charge < -0.3 is 5.11 Å². The lowest BCUT2D eigenvalue weighted by molar-refractivity contribution is 0.481. The van der Waals surface area contributed by atoms with E-state index in [-0.39, 0.29) is 5.92 Å². The molecule has 0 aromatic heterocycles. The lowest BCUT2D eigenvalue weighted by Crippen LogP contribution is -2.16. The highest BCUT2D eigenvalue weighted by atomic mass is 16.3. The van der Waals surface area contributed by atoms with Crippen LogP contribution in [-0.2, 0) is 0 Å². The van der Waals surface area contributed by atoms with Gasteiger partial charge in [-0.15, -0.1) is 0 Å². The fourth-order valence-corrected chi connectivity index (χ4v) is 5.56. The Morgan fingerprint density at radius 1 is 0.688 bits per heavy atom. The zero-order chi connectivity index (χ0) is 21.2. The van der Waals surface area contributed by atoms with Gasteiger partial charge in [-0.05, 0) is 65.9 Å². The molecule has 7 rings (SSSR count). The molecular formula is C31H20O. The molecule has 5 aromatic carbocycles. The summed E-state index contributed by atoms with van der Waals surface area (Å²) in [5.74, 6) is 0.537. The first-order chi connectivity index (χ1) is 15.8. The van der Waals surface area contributed by atoms with Gasteiger partial charge in [0.05, 0.1) is 0 Å². The van der Waals surface area contributed by atoms with Gasteiger partial charge in [-0.2, -0.15) is 0 Å². The Balaban J connectivity index is 1.65. The largest absolute Gasteiger partial charge is 0.507 e. The average molecular weight is 409 g/mol. The molecule has 0 spiro atoms. The van der Waals surface area contributed by atoms with Crippen molar-refractivity contribution in [3.05, 3.63) is 129 Å². The fraction of sp³-hybridized carbons (Fsp3) is 0.0323. The second kappa shape index (κ2) is 6.45. The van der Waals surface area contributed by atoms with Crippen molar-refractivity contribution in [1.82, 2.24) is 0 Å². The molecule has 0 saturated heterocycles. The van der Waals surface area contributed by atoms with E-state index in [1.54, 1.807) is 6.07 Å². The molecule has 5 aromatic rings. The number of rotatable bonds is 1. The number of allylic oxidation sites excluding steroid dienone is 1. The van der Waals surface area contributed by atoms with Crippen molar-refractivity contribution in [2.75, 3.05) is 0 Å². The van der Waals surface area contributed by atoms with E-state index in [1.165, 1.54) is 42.8 Å².